The molecule has 1 unspecified atom stereocenters. The fourth-order valence-electron chi connectivity index (χ4n) is 2.90. The minimum Gasteiger partial charge on any atom is -0.383 e. The summed E-state index contributed by atoms with van der Waals surface area (Å²) in [4.78, 5) is 39.1. The van der Waals surface area contributed by atoms with Gasteiger partial charge in [-0.1, -0.05) is 0 Å². The first-order chi connectivity index (χ1) is 14.0. The standard InChI is InChI=1S/C20H20N4O4S/c1-28-9-8-23-11-15(4-7-18(23)25)20(27)24-13-29-12-17(24)19(26)22-16-5-2-14(10-21)3-6-16/h2-7,11,17H,8-9,12-13H2,1H3,(H,22,26). The number of nitriles is 1. The van der Waals surface area contributed by atoms with Crippen LogP contribution in [0.5, 0.6) is 0 Å². The lowest BCUT2D eigenvalue weighted by atomic mass is 10.2. The third-order valence-electron chi connectivity index (χ3n) is 4.49. The molecular formula is C20H20N4O4S. The van der Waals surface area contributed by atoms with Crippen molar-refractivity contribution in [2.45, 2.75) is 12.6 Å². The number of rotatable bonds is 6. The molecule has 1 aliphatic rings. The van der Waals surface area contributed by atoms with Crippen LogP contribution >= 0.6 is 11.8 Å². The number of pyridine rings is 1. The smallest absolute Gasteiger partial charge is 0.256 e. The number of nitrogens with zero attached hydrogens (tertiary/aromatic N) is 3. The summed E-state index contributed by atoms with van der Waals surface area (Å²) in [6.45, 7) is 0.695. The molecule has 0 saturated carbocycles. The van der Waals surface area contributed by atoms with Gasteiger partial charge in [-0.15, -0.1) is 11.8 Å². The first kappa shape index (κ1) is 20.6. The molecule has 1 aromatic heterocycles. The van der Waals surface area contributed by atoms with Crippen LogP contribution in [0.25, 0.3) is 0 Å². The molecule has 1 aliphatic heterocycles. The summed E-state index contributed by atoms with van der Waals surface area (Å²) in [6.07, 6.45) is 1.50. The van der Waals surface area contributed by atoms with E-state index in [0.717, 1.165) is 0 Å². The molecule has 1 N–H and O–H groups in total. The summed E-state index contributed by atoms with van der Waals surface area (Å²) in [7, 11) is 1.54. The lowest BCUT2D eigenvalue weighted by Crippen LogP contribution is -2.44. The van der Waals surface area contributed by atoms with Gasteiger partial charge in [-0.2, -0.15) is 5.26 Å². The van der Waals surface area contributed by atoms with E-state index in [1.807, 2.05) is 6.07 Å². The molecule has 0 aliphatic carbocycles. The highest BCUT2D eigenvalue weighted by molar-refractivity contribution is 7.99. The highest BCUT2D eigenvalue weighted by Gasteiger charge is 2.35. The monoisotopic (exact) mass is 412 g/mol. The van der Waals surface area contributed by atoms with Crippen LogP contribution in [0.2, 0.25) is 0 Å². The number of carbonyl (C=O) groups is 2. The van der Waals surface area contributed by atoms with Crippen LogP contribution in [0, 0.1) is 11.3 Å². The van der Waals surface area contributed by atoms with Crippen LogP contribution in [0.3, 0.4) is 0 Å². The molecular weight excluding hydrogens is 392 g/mol. The molecule has 0 radical (unpaired) electrons. The van der Waals surface area contributed by atoms with Gasteiger partial charge in [0.1, 0.15) is 6.04 Å². The molecule has 29 heavy (non-hydrogen) atoms. The zero-order valence-electron chi connectivity index (χ0n) is 15.8. The van der Waals surface area contributed by atoms with Gasteiger partial charge in [-0.05, 0) is 30.3 Å². The summed E-state index contributed by atoms with van der Waals surface area (Å²) in [5.74, 6) is 0.278. The molecule has 0 spiro atoms. The van der Waals surface area contributed by atoms with Crippen molar-refractivity contribution in [3.8, 4) is 6.07 Å². The van der Waals surface area contributed by atoms with Crippen molar-refractivity contribution < 1.29 is 14.3 Å². The fourth-order valence-corrected chi connectivity index (χ4v) is 4.06. The number of amides is 2. The Morgan fingerprint density at radius 3 is 2.72 bits per heavy atom. The van der Waals surface area contributed by atoms with Crippen LogP contribution in [0.15, 0.2) is 47.4 Å². The number of hydrogen-bond donors (Lipinski definition) is 1. The maximum atomic E-state index is 13.0. The van der Waals surface area contributed by atoms with Crippen LogP contribution < -0.4 is 10.9 Å². The second-order valence-corrected chi connectivity index (χ2v) is 7.41. The number of anilines is 1. The highest BCUT2D eigenvalue weighted by Crippen LogP contribution is 2.24. The largest absolute Gasteiger partial charge is 0.383 e. The molecule has 1 fully saturated rings. The summed E-state index contributed by atoms with van der Waals surface area (Å²) in [5, 5.41) is 11.7. The van der Waals surface area contributed by atoms with Gasteiger partial charge in [0.25, 0.3) is 11.5 Å². The van der Waals surface area contributed by atoms with Crippen molar-refractivity contribution in [3.63, 3.8) is 0 Å². The average Bonchev–Trinajstić information content (AvgIpc) is 3.23. The molecule has 150 valence electrons. The van der Waals surface area contributed by atoms with E-state index in [0.29, 0.717) is 41.6 Å². The van der Waals surface area contributed by atoms with E-state index in [4.69, 9.17) is 10.00 Å². The SMILES string of the molecule is COCCn1cc(C(=O)N2CSCC2C(=O)Nc2ccc(C#N)cc2)ccc1=O. The Hall–Kier alpha value is -3.09. The van der Waals surface area contributed by atoms with Gasteiger partial charge in [0.2, 0.25) is 5.91 Å². The van der Waals surface area contributed by atoms with Crippen molar-refractivity contribution >= 4 is 29.3 Å². The summed E-state index contributed by atoms with van der Waals surface area (Å²) in [5.41, 5.74) is 1.19. The topological polar surface area (TPSA) is 104 Å². The maximum absolute atomic E-state index is 13.0. The molecule has 9 heteroatoms. The summed E-state index contributed by atoms with van der Waals surface area (Å²) in [6, 6.07) is 10.8. The molecule has 8 nitrogen and oxygen atoms in total. The van der Waals surface area contributed by atoms with Crippen molar-refractivity contribution in [2.75, 3.05) is 30.7 Å². The average molecular weight is 412 g/mol. The van der Waals surface area contributed by atoms with Gasteiger partial charge < -0.3 is 19.5 Å². The Kier molecular flexibility index (Phi) is 6.69. The number of ether oxygens (including phenoxy) is 1. The van der Waals surface area contributed by atoms with Gasteiger partial charge in [-0.25, -0.2) is 0 Å². The second kappa shape index (κ2) is 9.41. The van der Waals surface area contributed by atoms with Crippen LogP contribution in [-0.2, 0) is 16.1 Å². The number of hydrogen-bond acceptors (Lipinski definition) is 6. The Bertz CT molecular complexity index is 997. The minimum absolute atomic E-state index is 0.218. The Morgan fingerprint density at radius 2 is 2.03 bits per heavy atom. The van der Waals surface area contributed by atoms with Gasteiger partial charge in [0.15, 0.2) is 0 Å². The summed E-state index contributed by atoms with van der Waals surface area (Å²) >= 11 is 1.49. The lowest BCUT2D eigenvalue weighted by molar-refractivity contribution is -0.119. The third-order valence-corrected chi connectivity index (χ3v) is 5.51. The van der Waals surface area contributed by atoms with Gasteiger partial charge in [0, 0.05) is 37.4 Å². The fraction of sp³-hybridized carbons (Fsp3) is 0.300. The maximum Gasteiger partial charge on any atom is 0.256 e. The van der Waals surface area contributed by atoms with Crippen molar-refractivity contribution in [1.29, 1.82) is 5.26 Å². The molecule has 2 heterocycles. The number of carbonyl (C=O) groups excluding carboxylic acids is 2. The van der Waals surface area contributed by atoms with Crippen molar-refractivity contribution in [3.05, 3.63) is 64.1 Å². The Labute approximate surface area is 172 Å². The Balaban J connectivity index is 1.74. The van der Waals surface area contributed by atoms with Crippen LogP contribution in [-0.4, -0.2) is 52.7 Å². The molecule has 1 aromatic carbocycles. The number of nitrogens with one attached hydrogen (secondary N) is 1. The summed E-state index contributed by atoms with van der Waals surface area (Å²) < 4.78 is 6.41. The van der Waals surface area contributed by atoms with E-state index in [-0.39, 0.29) is 17.4 Å². The van der Waals surface area contributed by atoms with E-state index in [2.05, 4.69) is 5.32 Å². The number of thioether (sulfide) groups is 1. The zero-order chi connectivity index (χ0) is 20.8. The first-order valence-corrected chi connectivity index (χ1v) is 10.1. The molecule has 0 bridgehead atoms. The molecule has 2 aromatic rings. The molecule has 1 atom stereocenters. The van der Waals surface area contributed by atoms with Gasteiger partial charge >= 0.3 is 0 Å². The molecule has 3 rings (SSSR count). The van der Waals surface area contributed by atoms with Gasteiger partial charge in [-0.3, -0.25) is 14.4 Å². The van der Waals surface area contributed by atoms with E-state index >= 15 is 0 Å². The molecule has 2 amide bonds. The predicted molar refractivity (Wildman–Crippen MR) is 110 cm³/mol. The van der Waals surface area contributed by atoms with E-state index in [9.17, 15) is 14.4 Å². The van der Waals surface area contributed by atoms with E-state index in [1.165, 1.54) is 39.6 Å². The quantitative estimate of drug-likeness (QED) is 0.771. The Morgan fingerprint density at radius 1 is 1.28 bits per heavy atom. The normalized spacial score (nSPS) is 15.7. The highest BCUT2D eigenvalue weighted by atomic mass is 32.2. The lowest BCUT2D eigenvalue weighted by Gasteiger charge is -2.23. The number of benzene rings is 1. The zero-order valence-corrected chi connectivity index (χ0v) is 16.6. The van der Waals surface area contributed by atoms with Crippen molar-refractivity contribution in [1.82, 2.24) is 9.47 Å². The minimum atomic E-state index is -0.623. The van der Waals surface area contributed by atoms with E-state index < -0.39 is 6.04 Å². The number of methoxy groups -OCH3 is 1. The van der Waals surface area contributed by atoms with Gasteiger partial charge in [0.05, 0.1) is 29.7 Å². The third kappa shape index (κ3) is 4.85. The second-order valence-electron chi connectivity index (χ2n) is 6.41. The predicted octanol–water partition coefficient (Wildman–Crippen LogP) is 1.52. The molecule has 1 saturated heterocycles. The van der Waals surface area contributed by atoms with Crippen molar-refractivity contribution in [2.24, 2.45) is 0 Å². The van der Waals surface area contributed by atoms with E-state index in [1.54, 1.807) is 31.4 Å². The van der Waals surface area contributed by atoms with Crippen LogP contribution in [0.4, 0.5) is 5.69 Å². The first-order valence-electron chi connectivity index (χ1n) is 8.92. The van der Waals surface area contributed by atoms with Crippen LogP contribution in [0.1, 0.15) is 15.9 Å². The number of aromatic nitrogens is 1.